The monoisotopic (exact) mass is 204 g/mol. The summed E-state index contributed by atoms with van der Waals surface area (Å²) in [5, 5.41) is 0. The van der Waals surface area contributed by atoms with Crippen molar-refractivity contribution in [2.45, 2.75) is 52.9 Å². The third-order valence-electron chi connectivity index (χ3n) is 4.77. The second-order valence-corrected chi connectivity index (χ2v) is 6.02. The Morgan fingerprint density at radius 1 is 1.47 bits per heavy atom. The zero-order valence-corrected chi connectivity index (χ0v) is 10.5. The molecule has 0 amide bonds. The molecule has 2 rings (SSSR count). The minimum absolute atomic E-state index is 0.586. The van der Waals surface area contributed by atoms with Crippen molar-refractivity contribution < 1.29 is 0 Å². The van der Waals surface area contributed by atoms with Crippen molar-refractivity contribution in [2.24, 2.45) is 17.3 Å². The molecule has 0 aromatic heterocycles. The Labute approximate surface area is 94.5 Å². The highest BCUT2D eigenvalue weighted by Crippen LogP contribution is 2.61. The maximum Gasteiger partial charge on any atom is -0.0149 e. The Morgan fingerprint density at radius 2 is 2.20 bits per heavy atom. The van der Waals surface area contributed by atoms with Crippen molar-refractivity contribution in [2.75, 3.05) is 0 Å². The van der Waals surface area contributed by atoms with E-state index < -0.39 is 0 Å². The number of rotatable bonds is 3. The number of allylic oxidation sites excluding steroid dienone is 3. The van der Waals surface area contributed by atoms with E-state index in [0.29, 0.717) is 5.41 Å². The van der Waals surface area contributed by atoms with Gasteiger partial charge in [-0.25, -0.2) is 0 Å². The van der Waals surface area contributed by atoms with Crippen LogP contribution in [-0.4, -0.2) is 0 Å². The van der Waals surface area contributed by atoms with E-state index >= 15 is 0 Å². The lowest BCUT2D eigenvalue weighted by Gasteiger charge is -2.29. The number of fused-ring (bicyclic) bond motifs is 2. The molecule has 0 aromatic carbocycles. The Balaban J connectivity index is 2.02. The normalized spacial score (nSPS) is 38.5. The molecular formula is C15H24. The Hall–Kier alpha value is -0.520. The van der Waals surface area contributed by atoms with E-state index in [-0.39, 0.29) is 0 Å². The minimum Gasteiger partial charge on any atom is -0.0995 e. The third-order valence-corrected chi connectivity index (χ3v) is 4.77. The summed E-state index contributed by atoms with van der Waals surface area (Å²) in [5.74, 6) is 1.79. The number of hydrogen-bond acceptors (Lipinski definition) is 0. The van der Waals surface area contributed by atoms with Crippen LogP contribution in [0.2, 0.25) is 0 Å². The summed E-state index contributed by atoms with van der Waals surface area (Å²) in [6.45, 7) is 11.2. The SMILES string of the molecule is C=C1CC2CCC1C2(C)CCC=C(C)C. The predicted molar refractivity (Wildman–Crippen MR) is 66.7 cm³/mol. The van der Waals surface area contributed by atoms with Crippen LogP contribution in [-0.2, 0) is 0 Å². The van der Waals surface area contributed by atoms with Gasteiger partial charge < -0.3 is 0 Å². The van der Waals surface area contributed by atoms with Crippen LogP contribution in [0.5, 0.6) is 0 Å². The molecule has 0 heterocycles. The molecule has 3 atom stereocenters. The van der Waals surface area contributed by atoms with Crippen molar-refractivity contribution in [3.8, 4) is 0 Å². The van der Waals surface area contributed by atoms with E-state index in [1.165, 1.54) is 37.7 Å². The van der Waals surface area contributed by atoms with Gasteiger partial charge in [0.1, 0.15) is 0 Å². The van der Waals surface area contributed by atoms with Crippen LogP contribution in [0.1, 0.15) is 52.9 Å². The summed E-state index contributed by atoms with van der Waals surface area (Å²) in [5.41, 5.74) is 3.59. The van der Waals surface area contributed by atoms with Gasteiger partial charge in [0, 0.05) is 0 Å². The fourth-order valence-corrected chi connectivity index (χ4v) is 3.83. The van der Waals surface area contributed by atoms with Crippen LogP contribution in [0, 0.1) is 17.3 Å². The first-order valence-electron chi connectivity index (χ1n) is 6.35. The van der Waals surface area contributed by atoms with Gasteiger partial charge in [-0.2, -0.15) is 0 Å². The molecule has 0 aromatic rings. The Kier molecular flexibility index (Phi) is 2.79. The Bertz CT molecular complexity index is 293. The van der Waals surface area contributed by atoms with E-state index in [1.54, 1.807) is 5.57 Å². The summed E-state index contributed by atoms with van der Waals surface area (Å²) in [6, 6.07) is 0. The second kappa shape index (κ2) is 3.81. The lowest BCUT2D eigenvalue weighted by molar-refractivity contribution is 0.213. The molecule has 0 heteroatoms. The van der Waals surface area contributed by atoms with Gasteiger partial charge in [-0.3, -0.25) is 0 Å². The van der Waals surface area contributed by atoms with Crippen molar-refractivity contribution in [3.63, 3.8) is 0 Å². The topological polar surface area (TPSA) is 0 Å². The molecule has 0 saturated heterocycles. The van der Waals surface area contributed by atoms with E-state index in [9.17, 15) is 0 Å². The van der Waals surface area contributed by atoms with E-state index in [4.69, 9.17) is 0 Å². The quantitative estimate of drug-likeness (QED) is 0.583. The van der Waals surface area contributed by atoms with Crippen LogP contribution in [0.25, 0.3) is 0 Å². The van der Waals surface area contributed by atoms with Crippen LogP contribution >= 0.6 is 0 Å². The third kappa shape index (κ3) is 1.79. The summed E-state index contributed by atoms with van der Waals surface area (Å²) in [7, 11) is 0. The lowest BCUT2D eigenvalue weighted by Crippen LogP contribution is -2.21. The van der Waals surface area contributed by atoms with Gasteiger partial charge in [0.25, 0.3) is 0 Å². The molecule has 2 bridgehead atoms. The van der Waals surface area contributed by atoms with Gasteiger partial charge in [0.2, 0.25) is 0 Å². The summed E-state index contributed by atoms with van der Waals surface area (Å²) < 4.78 is 0. The zero-order chi connectivity index (χ0) is 11.1. The molecule has 0 aliphatic heterocycles. The average molecular weight is 204 g/mol. The first-order chi connectivity index (χ1) is 7.04. The van der Waals surface area contributed by atoms with Crippen LogP contribution in [0.4, 0.5) is 0 Å². The molecular weight excluding hydrogens is 180 g/mol. The van der Waals surface area contributed by atoms with Crippen LogP contribution in [0.15, 0.2) is 23.8 Å². The molecule has 2 aliphatic carbocycles. The van der Waals surface area contributed by atoms with Gasteiger partial charge in [-0.15, -0.1) is 0 Å². The highest BCUT2D eigenvalue weighted by molar-refractivity contribution is 5.20. The first kappa shape index (κ1) is 11.0. The van der Waals surface area contributed by atoms with Crippen molar-refractivity contribution in [1.82, 2.24) is 0 Å². The fourth-order valence-electron chi connectivity index (χ4n) is 3.83. The van der Waals surface area contributed by atoms with Crippen molar-refractivity contribution >= 4 is 0 Å². The summed E-state index contributed by atoms with van der Waals surface area (Å²) >= 11 is 0. The maximum atomic E-state index is 4.26. The van der Waals surface area contributed by atoms with Gasteiger partial charge in [0.15, 0.2) is 0 Å². The van der Waals surface area contributed by atoms with Crippen molar-refractivity contribution in [3.05, 3.63) is 23.8 Å². The molecule has 3 unspecified atom stereocenters. The van der Waals surface area contributed by atoms with Crippen molar-refractivity contribution in [1.29, 1.82) is 0 Å². The van der Waals surface area contributed by atoms with Crippen LogP contribution in [0.3, 0.4) is 0 Å². The van der Waals surface area contributed by atoms with Crippen LogP contribution < -0.4 is 0 Å². The lowest BCUT2D eigenvalue weighted by atomic mass is 9.75. The standard InChI is InChI=1S/C15H24/c1-11(2)6-5-9-15(4)13-7-8-14(15)12(3)10-13/h6,13-14H,3,5,7-10H2,1-2,4H3. The summed E-state index contributed by atoms with van der Waals surface area (Å²) in [4.78, 5) is 0. The smallest absolute Gasteiger partial charge is 0.0149 e. The molecule has 0 N–H and O–H groups in total. The molecule has 15 heavy (non-hydrogen) atoms. The molecule has 0 nitrogen and oxygen atoms in total. The molecule has 2 fully saturated rings. The second-order valence-electron chi connectivity index (χ2n) is 6.02. The average Bonchev–Trinajstić information content (AvgIpc) is 2.55. The molecule has 0 spiro atoms. The maximum absolute atomic E-state index is 4.26. The highest BCUT2D eigenvalue weighted by atomic mass is 14.6. The molecule has 2 saturated carbocycles. The zero-order valence-electron chi connectivity index (χ0n) is 10.5. The molecule has 2 aliphatic rings. The molecule has 0 radical (unpaired) electrons. The summed E-state index contributed by atoms with van der Waals surface area (Å²) in [6.07, 6.45) is 9.21. The van der Waals surface area contributed by atoms with Gasteiger partial charge in [0.05, 0.1) is 0 Å². The fraction of sp³-hybridized carbons (Fsp3) is 0.733. The van der Waals surface area contributed by atoms with Gasteiger partial charge >= 0.3 is 0 Å². The largest absolute Gasteiger partial charge is 0.0995 e. The van der Waals surface area contributed by atoms with Gasteiger partial charge in [-0.1, -0.05) is 30.7 Å². The minimum atomic E-state index is 0.586. The predicted octanol–water partition coefficient (Wildman–Crippen LogP) is 4.73. The number of hydrogen-bond donors (Lipinski definition) is 0. The molecule has 84 valence electrons. The Morgan fingerprint density at radius 3 is 2.67 bits per heavy atom. The van der Waals surface area contributed by atoms with E-state index in [2.05, 4.69) is 33.4 Å². The van der Waals surface area contributed by atoms with Gasteiger partial charge in [-0.05, 0) is 63.2 Å². The highest BCUT2D eigenvalue weighted by Gasteiger charge is 2.51. The van der Waals surface area contributed by atoms with E-state index in [1.807, 2.05) is 0 Å². The first-order valence-corrected chi connectivity index (χ1v) is 6.35. The van der Waals surface area contributed by atoms with E-state index in [0.717, 1.165) is 11.8 Å².